The Morgan fingerprint density at radius 1 is 1.00 bits per heavy atom. The SMILES string of the molecule is Cc1ccc(NC(=O)c2ccc(C(C)C)cc2)cc1NC(=O)C1CC1. The van der Waals surface area contributed by atoms with Crippen molar-refractivity contribution in [1.82, 2.24) is 0 Å². The summed E-state index contributed by atoms with van der Waals surface area (Å²) >= 11 is 0. The Kier molecular flexibility index (Phi) is 4.88. The molecule has 1 saturated carbocycles. The molecule has 2 amide bonds. The van der Waals surface area contributed by atoms with E-state index < -0.39 is 0 Å². The van der Waals surface area contributed by atoms with E-state index >= 15 is 0 Å². The van der Waals surface area contributed by atoms with Gasteiger partial charge < -0.3 is 10.6 Å². The largest absolute Gasteiger partial charge is 0.326 e. The average molecular weight is 336 g/mol. The van der Waals surface area contributed by atoms with E-state index in [1.54, 1.807) is 0 Å². The van der Waals surface area contributed by atoms with E-state index in [0.717, 1.165) is 24.1 Å². The normalized spacial score (nSPS) is 13.6. The molecule has 0 bridgehead atoms. The lowest BCUT2D eigenvalue weighted by Gasteiger charge is -2.12. The summed E-state index contributed by atoms with van der Waals surface area (Å²) in [5.74, 6) is 0.499. The van der Waals surface area contributed by atoms with Gasteiger partial charge in [0.15, 0.2) is 0 Å². The van der Waals surface area contributed by atoms with Crippen LogP contribution in [0.15, 0.2) is 42.5 Å². The van der Waals surface area contributed by atoms with Crippen molar-refractivity contribution in [2.24, 2.45) is 5.92 Å². The molecule has 4 nitrogen and oxygen atoms in total. The number of rotatable bonds is 5. The summed E-state index contributed by atoms with van der Waals surface area (Å²) in [7, 11) is 0. The molecule has 0 radical (unpaired) electrons. The first-order chi connectivity index (χ1) is 11.9. The van der Waals surface area contributed by atoms with Crippen molar-refractivity contribution in [2.45, 2.75) is 39.5 Å². The minimum absolute atomic E-state index is 0.0656. The molecule has 25 heavy (non-hydrogen) atoms. The van der Waals surface area contributed by atoms with E-state index in [4.69, 9.17) is 0 Å². The van der Waals surface area contributed by atoms with Gasteiger partial charge in [0.1, 0.15) is 0 Å². The maximum atomic E-state index is 12.4. The van der Waals surface area contributed by atoms with Gasteiger partial charge in [-0.3, -0.25) is 9.59 Å². The molecule has 0 aromatic heterocycles. The molecule has 0 spiro atoms. The van der Waals surface area contributed by atoms with Crippen LogP contribution in [0, 0.1) is 12.8 Å². The number of anilines is 2. The van der Waals surface area contributed by atoms with Crippen LogP contribution in [0.2, 0.25) is 0 Å². The Morgan fingerprint density at radius 2 is 1.68 bits per heavy atom. The van der Waals surface area contributed by atoms with Crippen LogP contribution in [0.3, 0.4) is 0 Å². The molecule has 0 aliphatic heterocycles. The van der Waals surface area contributed by atoms with Crippen molar-refractivity contribution >= 4 is 23.2 Å². The van der Waals surface area contributed by atoms with Gasteiger partial charge in [-0.05, 0) is 61.1 Å². The van der Waals surface area contributed by atoms with Gasteiger partial charge in [-0.15, -0.1) is 0 Å². The van der Waals surface area contributed by atoms with Gasteiger partial charge in [-0.1, -0.05) is 32.0 Å². The fraction of sp³-hybridized carbons (Fsp3) is 0.333. The highest BCUT2D eigenvalue weighted by Crippen LogP contribution is 2.31. The van der Waals surface area contributed by atoms with Crippen LogP contribution in [0.4, 0.5) is 11.4 Å². The third kappa shape index (κ3) is 4.27. The van der Waals surface area contributed by atoms with Crippen LogP contribution in [0.1, 0.15) is 54.1 Å². The topological polar surface area (TPSA) is 58.2 Å². The standard InChI is InChI=1S/C21H24N2O2/c1-13(2)15-5-7-16(8-6-15)20(24)22-18-11-4-14(3)19(12-18)23-21(25)17-9-10-17/h4-8,11-13,17H,9-10H2,1-3H3,(H,22,24)(H,23,25). The zero-order valence-corrected chi connectivity index (χ0v) is 14.9. The monoisotopic (exact) mass is 336 g/mol. The first-order valence-electron chi connectivity index (χ1n) is 8.77. The highest BCUT2D eigenvalue weighted by Gasteiger charge is 2.29. The lowest BCUT2D eigenvalue weighted by Crippen LogP contribution is -2.15. The van der Waals surface area contributed by atoms with Gasteiger partial charge in [-0.25, -0.2) is 0 Å². The molecule has 2 N–H and O–H groups in total. The van der Waals surface area contributed by atoms with Crippen molar-refractivity contribution < 1.29 is 9.59 Å². The molecule has 130 valence electrons. The van der Waals surface area contributed by atoms with Crippen LogP contribution >= 0.6 is 0 Å². The van der Waals surface area contributed by atoms with Gasteiger partial charge in [0, 0.05) is 22.9 Å². The highest BCUT2D eigenvalue weighted by molar-refractivity contribution is 6.05. The summed E-state index contributed by atoms with van der Waals surface area (Å²) in [5.41, 5.74) is 4.23. The fourth-order valence-electron chi connectivity index (χ4n) is 2.64. The fourth-order valence-corrected chi connectivity index (χ4v) is 2.64. The minimum Gasteiger partial charge on any atom is -0.326 e. The summed E-state index contributed by atoms with van der Waals surface area (Å²) in [6, 6.07) is 13.2. The Morgan fingerprint density at radius 3 is 2.28 bits per heavy atom. The number of carbonyl (C=O) groups excluding carboxylic acids is 2. The Balaban J connectivity index is 1.71. The molecule has 0 heterocycles. The molecule has 0 saturated heterocycles. The molecule has 2 aromatic carbocycles. The van der Waals surface area contributed by atoms with Gasteiger partial charge in [0.2, 0.25) is 5.91 Å². The molecular weight excluding hydrogens is 312 g/mol. The molecule has 0 unspecified atom stereocenters. The quantitative estimate of drug-likeness (QED) is 0.830. The number of benzene rings is 2. The summed E-state index contributed by atoms with van der Waals surface area (Å²) in [4.78, 5) is 24.4. The number of amides is 2. The van der Waals surface area contributed by atoms with Crippen molar-refractivity contribution in [1.29, 1.82) is 0 Å². The molecule has 1 aliphatic carbocycles. The van der Waals surface area contributed by atoms with E-state index in [-0.39, 0.29) is 17.7 Å². The molecule has 1 aliphatic rings. The summed E-state index contributed by atoms with van der Waals surface area (Å²) < 4.78 is 0. The van der Waals surface area contributed by atoms with Crippen molar-refractivity contribution in [3.8, 4) is 0 Å². The molecular formula is C21H24N2O2. The predicted octanol–water partition coefficient (Wildman–Crippen LogP) is 4.72. The van der Waals surface area contributed by atoms with Crippen LogP contribution in [-0.4, -0.2) is 11.8 Å². The Labute approximate surface area is 148 Å². The number of nitrogens with one attached hydrogen (secondary N) is 2. The van der Waals surface area contributed by atoms with Gasteiger partial charge in [-0.2, -0.15) is 0 Å². The predicted molar refractivity (Wildman–Crippen MR) is 101 cm³/mol. The number of carbonyl (C=O) groups is 2. The van der Waals surface area contributed by atoms with Gasteiger partial charge in [0.05, 0.1) is 0 Å². The average Bonchev–Trinajstić information content (AvgIpc) is 3.43. The molecule has 3 rings (SSSR count). The summed E-state index contributed by atoms with van der Waals surface area (Å²) in [6.07, 6.45) is 1.93. The van der Waals surface area contributed by atoms with E-state index in [1.165, 1.54) is 5.56 Å². The van der Waals surface area contributed by atoms with Crippen LogP contribution in [-0.2, 0) is 4.79 Å². The lowest BCUT2D eigenvalue weighted by atomic mass is 10.0. The second-order valence-electron chi connectivity index (χ2n) is 7.02. The van der Waals surface area contributed by atoms with Gasteiger partial charge >= 0.3 is 0 Å². The summed E-state index contributed by atoms with van der Waals surface area (Å²) in [5, 5.41) is 5.86. The lowest BCUT2D eigenvalue weighted by molar-refractivity contribution is -0.117. The van der Waals surface area contributed by atoms with E-state index in [2.05, 4.69) is 24.5 Å². The molecule has 1 fully saturated rings. The smallest absolute Gasteiger partial charge is 0.255 e. The maximum absolute atomic E-state index is 12.4. The van der Waals surface area contributed by atoms with Crippen LogP contribution in [0.5, 0.6) is 0 Å². The van der Waals surface area contributed by atoms with Crippen molar-refractivity contribution in [3.63, 3.8) is 0 Å². The van der Waals surface area contributed by atoms with Crippen molar-refractivity contribution in [3.05, 3.63) is 59.2 Å². The summed E-state index contributed by atoms with van der Waals surface area (Å²) in [6.45, 7) is 6.19. The maximum Gasteiger partial charge on any atom is 0.255 e. The van der Waals surface area contributed by atoms with Crippen molar-refractivity contribution in [2.75, 3.05) is 10.6 Å². The Hall–Kier alpha value is -2.62. The third-order valence-corrected chi connectivity index (χ3v) is 4.54. The number of hydrogen-bond acceptors (Lipinski definition) is 2. The highest BCUT2D eigenvalue weighted by atomic mass is 16.2. The minimum atomic E-state index is -0.154. The third-order valence-electron chi connectivity index (χ3n) is 4.54. The molecule has 4 heteroatoms. The number of hydrogen-bond donors (Lipinski definition) is 2. The number of aryl methyl sites for hydroxylation is 1. The zero-order chi connectivity index (χ0) is 18.0. The zero-order valence-electron chi connectivity index (χ0n) is 14.9. The second kappa shape index (κ2) is 7.09. The van der Waals surface area contributed by atoms with Gasteiger partial charge in [0.25, 0.3) is 5.91 Å². The van der Waals surface area contributed by atoms with Crippen LogP contribution < -0.4 is 10.6 Å². The molecule has 2 aromatic rings. The van der Waals surface area contributed by atoms with E-state index in [9.17, 15) is 9.59 Å². The first-order valence-corrected chi connectivity index (χ1v) is 8.77. The molecule has 0 atom stereocenters. The van der Waals surface area contributed by atoms with E-state index in [1.807, 2.05) is 49.4 Å². The van der Waals surface area contributed by atoms with E-state index in [0.29, 0.717) is 17.2 Å². The Bertz CT molecular complexity index is 790. The first kappa shape index (κ1) is 17.2. The van der Waals surface area contributed by atoms with Crippen LogP contribution in [0.25, 0.3) is 0 Å². The second-order valence-corrected chi connectivity index (χ2v) is 7.02.